The van der Waals surface area contributed by atoms with Crippen LogP contribution in [0.4, 0.5) is 15.3 Å². The number of benzene rings is 2. The van der Waals surface area contributed by atoms with Gasteiger partial charge in [-0.3, -0.25) is 4.79 Å². The van der Waals surface area contributed by atoms with Crippen LogP contribution in [0.25, 0.3) is 0 Å². The van der Waals surface area contributed by atoms with Crippen LogP contribution in [0, 0.1) is 5.92 Å². The Balaban J connectivity index is 0.000000270. The third kappa shape index (κ3) is 16.8. The van der Waals surface area contributed by atoms with E-state index in [2.05, 4.69) is 37.5 Å². The van der Waals surface area contributed by atoms with Gasteiger partial charge in [0.15, 0.2) is 0 Å². The van der Waals surface area contributed by atoms with Crippen LogP contribution < -0.4 is 10.6 Å². The molecule has 3 fully saturated rings. The minimum absolute atomic E-state index is 0.00958. The van der Waals surface area contributed by atoms with Gasteiger partial charge in [0.25, 0.3) is 0 Å². The number of urea groups is 2. The second-order valence-corrected chi connectivity index (χ2v) is 15.8. The molecule has 5 amide bonds. The monoisotopic (exact) mass is 798 g/mol. The molecule has 3 unspecified atom stereocenters. The summed E-state index contributed by atoms with van der Waals surface area (Å²) in [6.45, 7) is 12.8. The summed E-state index contributed by atoms with van der Waals surface area (Å²) in [5.41, 5.74) is 3.13. The van der Waals surface area contributed by atoms with Gasteiger partial charge >= 0.3 is 12.1 Å². The number of hydrogen-bond acceptors (Lipinski definition) is 8. The molecule has 0 bridgehead atoms. The zero-order chi connectivity index (χ0) is 41.6. The number of phenols is 1. The standard InChI is InChI=1S/C24H30N4O3.C7H13NO.C7H16.C6H12O4/c1-17(16-18-6-8-21(29)9-7-18)25-23(30)27-13-11-20(12-14-27)28-15-10-19-4-2-3-5-22(19)26-24(28)31;1-7-2-4-8(6-9)5-3-7;1-3-5-7-6-4-2;7-3-5-6(9)4(8)1-2-10-5/h2-9,17,20,29H,10-16H2,1H3,(H,25,30)(H,26,31);6-7H,2-5H2,1H3;3-7H2,1-2H3;4-9H,1-3H2/t17-;;;/m0.../s1. The van der Waals surface area contributed by atoms with Crippen molar-refractivity contribution in [1.82, 2.24) is 20.0 Å². The molecule has 13 nitrogen and oxygen atoms in total. The van der Waals surface area contributed by atoms with Crippen molar-refractivity contribution >= 4 is 24.2 Å². The van der Waals surface area contributed by atoms with E-state index in [0.717, 1.165) is 61.5 Å². The molecule has 4 atom stereocenters. The Morgan fingerprint density at radius 2 is 1.58 bits per heavy atom. The van der Waals surface area contributed by atoms with E-state index in [1.54, 1.807) is 12.1 Å². The number of carbonyl (C=O) groups excluding carboxylic acids is 3. The lowest BCUT2D eigenvalue weighted by molar-refractivity contribution is -0.147. The molecule has 0 aliphatic carbocycles. The highest BCUT2D eigenvalue weighted by molar-refractivity contribution is 5.91. The summed E-state index contributed by atoms with van der Waals surface area (Å²) < 4.78 is 4.95. The van der Waals surface area contributed by atoms with Gasteiger partial charge in [0.2, 0.25) is 6.41 Å². The number of phenolic OH excluding ortho intramolecular Hbond substituents is 1. The van der Waals surface area contributed by atoms with Crippen LogP contribution in [0.3, 0.4) is 0 Å². The van der Waals surface area contributed by atoms with Gasteiger partial charge in [-0.1, -0.05) is 83.2 Å². The van der Waals surface area contributed by atoms with Gasteiger partial charge in [-0.05, 0) is 87.1 Å². The molecule has 3 saturated heterocycles. The highest BCUT2D eigenvalue weighted by Crippen LogP contribution is 2.25. The zero-order valence-electron chi connectivity index (χ0n) is 34.9. The highest BCUT2D eigenvalue weighted by Gasteiger charge is 2.32. The first-order chi connectivity index (χ1) is 27.5. The molecule has 2 aromatic rings. The topological polar surface area (TPSA) is 175 Å². The fraction of sp³-hybridized carbons (Fsp3) is 0.659. The Kier molecular flexibility index (Phi) is 21.8. The first-order valence-electron chi connectivity index (χ1n) is 21.3. The molecule has 6 rings (SSSR count). The van der Waals surface area contributed by atoms with Crippen LogP contribution in [0.5, 0.6) is 5.75 Å². The number of unbranched alkanes of at least 4 members (excludes halogenated alkanes) is 4. The molecule has 2 aromatic carbocycles. The van der Waals surface area contributed by atoms with Crippen LogP contribution in [0.15, 0.2) is 48.5 Å². The Labute approximate surface area is 340 Å². The number of aliphatic hydroxyl groups is 3. The van der Waals surface area contributed by atoms with E-state index >= 15 is 0 Å². The largest absolute Gasteiger partial charge is 0.508 e. The van der Waals surface area contributed by atoms with Crippen LogP contribution >= 0.6 is 0 Å². The summed E-state index contributed by atoms with van der Waals surface area (Å²) in [6.07, 6.45) is 11.6. The van der Waals surface area contributed by atoms with Crippen LogP contribution in [-0.4, -0.2) is 130 Å². The second-order valence-electron chi connectivity index (χ2n) is 15.8. The normalized spacial score (nSPS) is 21.8. The Morgan fingerprint density at radius 3 is 2.18 bits per heavy atom. The van der Waals surface area contributed by atoms with Crippen molar-refractivity contribution in [3.8, 4) is 5.75 Å². The number of ether oxygens (including phenoxy) is 1. The molecule has 4 aliphatic heterocycles. The van der Waals surface area contributed by atoms with Crippen LogP contribution in [0.2, 0.25) is 0 Å². The smallest absolute Gasteiger partial charge is 0.322 e. The number of hydrogen-bond donors (Lipinski definition) is 6. The van der Waals surface area contributed by atoms with Gasteiger partial charge in [-0.25, -0.2) is 9.59 Å². The predicted octanol–water partition coefficient (Wildman–Crippen LogP) is 5.93. The van der Waals surface area contributed by atoms with Crippen molar-refractivity contribution in [3.63, 3.8) is 0 Å². The van der Waals surface area contributed by atoms with Gasteiger partial charge in [-0.15, -0.1) is 0 Å². The summed E-state index contributed by atoms with van der Waals surface area (Å²) in [6, 6.07) is 15.0. The summed E-state index contributed by atoms with van der Waals surface area (Å²) >= 11 is 0. The van der Waals surface area contributed by atoms with Gasteiger partial charge in [0.05, 0.1) is 12.7 Å². The van der Waals surface area contributed by atoms with E-state index in [4.69, 9.17) is 20.1 Å². The number of piperidine rings is 2. The number of fused-ring (bicyclic) bond motifs is 1. The molecular weight excluding hydrogens is 727 g/mol. The van der Waals surface area contributed by atoms with Crippen molar-refractivity contribution in [1.29, 1.82) is 0 Å². The lowest BCUT2D eigenvalue weighted by Crippen LogP contribution is -2.52. The van der Waals surface area contributed by atoms with Crippen molar-refractivity contribution in [2.24, 2.45) is 5.92 Å². The van der Waals surface area contributed by atoms with E-state index in [9.17, 15) is 19.5 Å². The number of nitrogens with zero attached hydrogens (tertiary/aromatic N) is 3. The zero-order valence-corrected chi connectivity index (χ0v) is 34.9. The molecule has 0 saturated carbocycles. The molecule has 0 aromatic heterocycles. The average molecular weight is 798 g/mol. The number of carbonyl (C=O) groups is 3. The molecule has 13 heteroatoms. The predicted molar refractivity (Wildman–Crippen MR) is 224 cm³/mol. The molecule has 4 aliphatic rings. The van der Waals surface area contributed by atoms with Gasteiger partial charge in [0.1, 0.15) is 18.0 Å². The van der Waals surface area contributed by atoms with Crippen molar-refractivity contribution in [2.45, 2.75) is 135 Å². The Bertz CT molecular complexity index is 1430. The number of anilines is 1. The number of rotatable bonds is 10. The fourth-order valence-corrected chi connectivity index (χ4v) is 7.29. The second kappa shape index (κ2) is 26.2. The number of aliphatic hydroxyl groups excluding tert-OH is 3. The molecule has 320 valence electrons. The first kappa shape index (κ1) is 47.5. The molecule has 57 heavy (non-hydrogen) atoms. The Morgan fingerprint density at radius 1 is 0.930 bits per heavy atom. The lowest BCUT2D eigenvalue weighted by Gasteiger charge is -2.38. The maximum absolute atomic E-state index is 12.7. The number of aromatic hydroxyl groups is 1. The number of nitrogens with one attached hydrogen (secondary N) is 2. The quantitative estimate of drug-likeness (QED) is 0.127. The van der Waals surface area contributed by atoms with Crippen molar-refractivity contribution in [3.05, 3.63) is 59.7 Å². The molecule has 0 radical (unpaired) electrons. The van der Waals surface area contributed by atoms with E-state index in [-0.39, 0.29) is 36.5 Å². The number of para-hydroxylation sites is 1. The summed E-state index contributed by atoms with van der Waals surface area (Å²) in [5.74, 6) is 1.06. The van der Waals surface area contributed by atoms with Crippen LogP contribution in [0.1, 0.15) is 103 Å². The lowest BCUT2D eigenvalue weighted by atomic mass is 10.00. The number of likely N-dealkylation sites (tertiary alicyclic amines) is 2. The highest BCUT2D eigenvalue weighted by atomic mass is 16.5. The molecule has 4 heterocycles. The maximum atomic E-state index is 12.7. The third-order valence-electron chi connectivity index (χ3n) is 11.1. The van der Waals surface area contributed by atoms with E-state index in [1.807, 2.05) is 52.0 Å². The minimum atomic E-state index is -0.932. The van der Waals surface area contributed by atoms with Gasteiger partial charge < -0.3 is 50.5 Å². The van der Waals surface area contributed by atoms with Crippen molar-refractivity contribution < 1.29 is 39.5 Å². The minimum Gasteiger partial charge on any atom is -0.508 e. The van der Waals surface area contributed by atoms with E-state index < -0.39 is 18.3 Å². The summed E-state index contributed by atoms with van der Waals surface area (Å²) in [4.78, 5) is 41.2. The number of amides is 5. The average Bonchev–Trinajstić information content (AvgIpc) is 3.39. The maximum Gasteiger partial charge on any atom is 0.322 e. The van der Waals surface area contributed by atoms with E-state index in [1.165, 1.54) is 44.9 Å². The summed E-state index contributed by atoms with van der Waals surface area (Å²) in [7, 11) is 0. The molecule has 0 spiro atoms. The van der Waals surface area contributed by atoms with E-state index in [0.29, 0.717) is 39.1 Å². The fourth-order valence-electron chi connectivity index (χ4n) is 7.29. The first-order valence-corrected chi connectivity index (χ1v) is 21.3. The molecule has 6 N–H and O–H groups in total. The Hall–Kier alpha value is -3.91. The SMILES string of the molecule is CC1CCN(C=O)CC1.CCCCCCC.C[C@@H](Cc1ccc(O)cc1)NC(=O)N1CCC(N2CCc3ccccc3NC2=O)CC1.OCC1OCCC(O)C1O. The molecular formula is C44H71N5O8. The summed E-state index contributed by atoms with van der Waals surface area (Å²) in [5, 5.41) is 42.2. The van der Waals surface area contributed by atoms with Crippen molar-refractivity contribution in [2.75, 3.05) is 51.3 Å². The third-order valence-corrected chi connectivity index (χ3v) is 11.1. The van der Waals surface area contributed by atoms with Gasteiger partial charge in [-0.2, -0.15) is 0 Å². The van der Waals surface area contributed by atoms with Crippen LogP contribution in [-0.2, 0) is 22.4 Å². The van der Waals surface area contributed by atoms with Gasteiger partial charge in [0, 0.05) is 57.1 Å².